The topological polar surface area (TPSA) is 79.3 Å². The molecule has 1 atom stereocenters. The number of nitrogens with zero attached hydrogens (tertiary/aromatic N) is 2. The standard InChI is InChI=1S/C29H27FN2O5/c1-36-22-13-14-23(24(17-22)37-2)27(33)25-26(18-5-7-19(30)8-6-18)32(29(35)28(25)34)21-11-9-20(10-12-21)31-15-3-4-16-31/h5-14,17,26,33H,3-4,15-16H2,1-2H3/b27-25-. The lowest BCUT2D eigenvalue weighted by Crippen LogP contribution is -2.29. The Labute approximate surface area is 214 Å². The third-order valence-electron chi connectivity index (χ3n) is 6.89. The summed E-state index contributed by atoms with van der Waals surface area (Å²) in [5.41, 5.74) is 2.15. The average Bonchev–Trinajstić information content (AvgIpc) is 3.56. The Morgan fingerprint density at radius 2 is 1.54 bits per heavy atom. The summed E-state index contributed by atoms with van der Waals surface area (Å²) in [4.78, 5) is 30.4. The Kier molecular flexibility index (Phi) is 6.56. The van der Waals surface area contributed by atoms with Crippen LogP contribution in [0, 0.1) is 5.82 Å². The van der Waals surface area contributed by atoms with Crippen LogP contribution in [0.15, 0.2) is 72.3 Å². The van der Waals surface area contributed by atoms with Gasteiger partial charge in [-0.15, -0.1) is 0 Å². The van der Waals surface area contributed by atoms with Crippen LogP contribution in [0.3, 0.4) is 0 Å². The number of methoxy groups -OCH3 is 2. The van der Waals surface area contributed by atoms with Crippen LogP contribution in [-0.2, 0) is 9.59 Å². The molecule has 7 nitrogen and oxygen atoms in total. The van der Waals surface area contributed by atoms with Gasteiger partial charge in [-0.2, -0.15) is 0 Å². The molecule has 2 saturated heterocycles. The van der Waals surface area contributed by atoms with Gasteiger partial charge in [0, 0.05) is 30.5 Å². The van der Waals surface area contributed by atoms with E-state index >= 15 is 0 Å². The van der Waals surface area contributed by atoms with Crippen LogP contribution in [0.25, 0.3) is 5.76 Å². The molecule has 0 saturated carbocycles. The SMILES string of the molecule is COc1ccc(/C(O)=C2/C(=O)C(=O)N(c3ccc(N4CCCC4)cc3)C2c2ccc(F)cc2)c(OC)c1. The minimum Gasteiger partial charge on any atom is -0.507 e. The van der Waals surface area contributed by atoms with E-state index in [1.807, 2.05) is 12.1 Å². The number of ether oxygens (including phenoxy) is 2. The Hall–Kier alpha value is -4.33. The van der Waals surface area contributed by atoms with E-state index in [1.54, 1.807) is 30.3 Å². The first-order valence-corrected chi connectivity index (χ1v) is 12.1. The average molecular weight is 503 g/mol. The quantitative estimate of drug-likeness (QED) is 0.288. The van der Waals surface area contributed by atoms with Crippen molar-refractivity contribution in [2.24, 2.45) is 0 Å². The van der Waals surface area contributed by atoms with Crippen LogP contribution in [0.2, 0.25) is 0 Å². The first kappa shape index (κ1) is 24.4. The van der Waals surface area contributed by atoms with Gasteiger partial charge in [-0.3, -0.25) is 14.5 Å². The maximum absolute atomic E-state index is 13.8. The fraction of sp³-hybridized carbons (Fsp3) is 0.241. The van der Waals surface area contributed by atoms with Gasteiger partial charge < -0.3 is 19.5 Å². The summed E-state index contributed by atoms with van der Waals surface area (Å²) in [5.74, 6) is -1.68. The summed E-state index contributed by atoms with van der Waals surface area (Å²) in [6, 6.07) is 16.8. The van der Waals surface area contributed by atoms with E-state index in [2.05, 4.69) is 4.90 Å². The molecule has 8 heteroatoms. The van der Waals surface area contributed by atoms with E-state index in [0.29, 0.717) is 17.0 Å². The molecule has 0 bridgehead atoms. The van der Waals surface area contributed by atoms with E-state index in [1.165, 1.54) is 43.4 Å². The van der Waals surface area contributed by atoms with E-state index in [0.717, 1.165) is 31.6 Å². The molecule has 2 fully saturated rings. The predicted octanol–water partition coefficient (Wildman–Crippen LogP) is 5.07. The number of carbonyl (C=O) groups is 2. The number of Topliss-reactive ketones (excluding diaryl/α,β-unsaturated/α-hetero) is 1. The number of carbonyl (C=O) groups excluding carboxylic acids is 2. The van der Waals surface area contributed by atoms with Crippen molar-refractivity contribution in [1.29, 1.82) is 0 Å². The second kappa shape index (κ2) is 9.97. The number of rotatable bonds is 6. The first-order valence-electron chi connectivity index (χ1n) is 12.1. The predicted molar refractivity (Wildman–Crippen MR) is 139 cm³/mol. The minimum atomic E-state index is -0.968. The van der Waals surface area contributed by atoms with Gasteiger partial charge in [0.05, 0.1) is 31.4 Å². The zero-order valence-electron chi connectivity index (χ0n) is 20.6. The normalized spacial score (nSPS) is 18.9. The van der Waals surface area contributed by atoms with Gasteiger partial charge in [0.2, 0.25) is 0 Å². The van der Waals surface area contributed by atoms with Gasteiger partial charge in [-0.25, -0.2) is 4.39 Å². The highest BCUT2D eigenvalue weighted by Crippen LogP contribution is 2.44. The number of aliphatic hydroxyl groups excluding tert-OH is 1. The third-order valence-corrected chi connectivity index (χ3v) is 6.89. The zero-order chi connectivity index (χ0) is 26.1. The molecule has 3 aromatic rings. The number of amides is 1. The van der Waals surface area contributed by atoms with Gasteiger partial charge >= 0.3 is 0 Å². The summed E-state index contributed by atoms with van der Waals surface area (Å²) in [6.45, 7) is 1.95. The van der Waals surface area contributed by atoms with E-state index in [4.69, 9.17) is 9.47 Å². The molecule has 0 aliphatic carbocycles. The smallest absolute Gasteiger partial charge is 0.300 e. The van der Waals surface area contributed by atoms with Crippen molar-refractivity contribution in [3.63, 3.8) is 0 Å². The fourth-order valence-electron chi connectivity index (χ4n) is 5.00. The van der Waals surface area contributed by atoms with Gasteiger partial charge in [0.25, 0.3) is 11.7 Å². The molecule has 1 unspecified atom stereocenters. The third kappa shape index (κ3) is 4.39. The maximum Gasteiger partial charge on any atom is 0.300 e. The number of hydrogen-bond donors (Lipinski definition) is 1. The highest BCUT2D eigenvalue weighted by atomic mass is 19.1. The molecule has 190 valence electrons. The summed E-state index contributed by atoms with van der Waals surface area (Å²) in [6.07, 6.45) is 2.27. The van der Waals surface area contributed by atoms with E-state index in [9.17, 15) is 19.1 Å². The van der Waals surface area contributed by atoms with Gasteiger partial charge in [-0.05, 0) is 66.9 Å². The molecule has 2 aliphatic rings. The summed E-state index contributed by atoms with van der Waals surface area (Å²) in [7, 11) is 2.94. The second-order valence-electron chi connectivity index (χ2n) is 9.00. The van der Waals surface area contributed by atoms with Crippen molar-refractivity contribution in [3.8, 4) is 11.5 Å². The van der Waals surface area contributed by atoms with Crippen molar-refractivity contribution in [2.75, 3.05) is 37.1 Å². The molecule has 0 radical (unpaired) electrons. The zero-order valence-corrected chi connectivity index (χ0v) is 20.6. The number of halogens is 1. The van der Waals surface area contributed by atoms with Crippen molar-refractivity contribution in [3.05, 3.63) is 89.2 Å². The van der Waals surface area contributed by atoms with Crippen molar-refractivity contribution in [2.45, 2.75) is 18.9 Å². The van der Waals surface area contributed by atoms with Crippen molar-refractivity contribution in [1.82, 2.24) is 0 Å². The number of anilines is 2. The monoisotopic (exact) mass is 502 g/mol. The number of benzene rings is 3. The van der Waals surface area contributed by atoms with Gasteiger partial charge in [0.15, 0.2) is 0 Å². The first-order chi connectivity index (χ1) is 17.9. The molecule has 5 rings (SSSR count). The maximum atomic E-state index is 13.8. The molecular formula is C29H27FN2O5. The largest absolute Gasteiger partial charge is 0.507 e. The van der Waals surface area contributed by atoms with E-state index < -0.39 is 23.5 Å². The Balaban J connectivity index is 1.64. The molecule has 1 amide bonds. The molecule has 2 aliphatic heterocycles. The van der Waals surface area contributed by atoms with Crippen LogP contribution < -0.4 is 19.3 Å². The molecule has 2 heterocycles. The summed E-state index contributed by atoms with van der Waals surface area (Å²) < 4.78 is 24.4. The molecule has 3 aromatic carbocycles. The number of hydrogen-bond acceptors (Lipinski definition) is 6. The van der Waals surface area contributed by atoms with Gasteiger partial charge in [0.1, 0.15) is 23.1 Å². The Morgan fingerprint density at radius 3 is 2.16 bits per heavy atom. The van der Waals surface area contributed by atoms with E-state index in [-0.39, 0.29) is 22.6 Å². The number of ketones is 1. The van der Waals surface area contributed by atoms with Crippen molar-refractivity contribution < 1.29 is 28.6 Å². The number of aliphatic hydroxyl groups is 1. The lowest BCUT2D eigenvalue weighted by molar-refractivity contribution is -0.132. The molecular weight excluding hydrogens is 475 g/mol. The highest BCUT2D eigenvalue weighted by molar-refractivity contribution is 6.51. The molecule has 1 N–H and O–H groups in total. The lowest BCUT2D eigenvalue weighted by atomic mass is 9.94. The van der Waals surface area contributed by atoms with Crippen LogP contribution in [0.5, 0.6) is 11.5 Å². The molecule has 37 heavy (non-hydrogen) atoms. The van der Waals surface area contributed by atoms with Crippen LogP contribution in [0.4, 0.5) is 15.8 Å². The van der Waals surface area contributed by atoms with Gasteiger partial charge in [-0.1, -0.05) is 12.1 Å². The Bertz CT molecular complexity index is 1360. The summed E-state index contributed by atoms with van der Waals surface area (Å²) >= 11 is 0. The second-order valence-corrected chi connectivity index (χ2v) is 9.00. The fourth-order valence-corrected chi connectivity index (χ4v) is 5.00. The molecule has 0 spiro atoms. The van der Waals surface area contributed by atoms with Crippen LogP contribution in [-0.4, -0.2) is 44.1 Å². The summed E-state index contributed by atoms with van der Waals surface area (Å²) in [5, 5.41) is 11.4. The Morgan fingerprint density at radius 1 is 0.892 bits per heavy atom. The van der Waals surface area contributed by atoms with Crippen LogP contribution >= 0.6 is 0 Å². The van der Waals surface area contributed by atoms with Crippen LogP contribution in [0.1, 0.15) is 30.0 Å². The highest BCUT2D eigenvalue weighted by Gasteiger charge is 2.47. The molecule has 0 aromatic heterocycles. The van der Waals surface area contributed by atoms with Crippen molar-refractivity contribution >= 4 is 28.8 Å². The lowest BCUT2D eigenvalue weighted by Gasteiger charge is -2.26. The minimum absolute atomic E-state index is 0.108.